The Bertz CT molecular complexity index is 1020. The molecule has 4 rings (SSSR count). The molecule has 0 radical (unpaired) electrons. The molecule has 5 nitrogen and oxygen atoms in total. The smallest absolute Gasteiger partial charge is 0.269 e. The summed E-state index contributed by atoms with van der Waals surface area (Å²) < 4.78 is 5.77. The number of nitro benzene ring substituents is 1. The molecule has 0 spiro atoms. The first kappa shape index (κ1) is 15.4. The molecule has 1 aliphatic rings. The molecule has 0 saturated heterocycles. The molecular formula is C19H11NO4S. The van der Waals surface area contributed by atoms with Crippen LogP contribution in [0.3, 0.4) is 0 Å². The van der Waals surface area contributed by atoms with Crippen molar-refractivity contribution >= 4 is 29.3 Å². The normalized spacial score (nSPS) is 14.7. The Morgan fingerprint density at radius 1 is 1.00 bits per heavy atom. The van der Waals surface area contributed by atoms with Crippen LogP contribution < -0.4 is 0 Å². The van der Waals surface area contributed by atoms with Crippen LogP contribution in [0.2, 0.25) is 0 Å². The van der Waals surface area contributed by atoms with Gasteiger partial charge in [-0.1, -0.05) is 23.9 Å². The second kappa shape index (κ2) is 6.07. The highest BCUT2D eigenvalue weighted by atomic mass is 32.2. The summed E-state index contributed by atoms with van der Waals surface area (Å²) in [4.78, 5) is 24.2. The quantitative estimate of drug-likeness (QED) is 0.370. The maximum atomic E-state index is 12.4. The molecule has 0 bridgehead atoms. The molecule has 0 atom stereocenters. The number of nitro groups is 1. The molecule has 1 aliphatic heterocycles. The lowest BCUT2D eigenvalue weighted by Gasteiger charge is -1.97. The Balaban J connectivity index is 1.60. The summed E-state index contributed by atoms with van der Waals surface area (Å²) in [6.07, 6.45) is 1.72. The number of nitrogens with zero attached hydrogens (tertiary/aromatic N) is 1. The van der Waals surface area contributed by atoms with Crippen LogP contribution in [0.15, 0.2) is 74.9 Å². The minimum absolute atomic E-state index is 0.00566. The van der Waals surface area contributed by atoms with Crippen LogP contribution in [0, 0.1) is 10.1 Å². The third-order valence-electron chi connectivity index (χ3n) is 3.84. The summed E-state index contributed by atoms with van der Waals surface area (Å²) in [5.74, 6) is 1.15. The molecular weight excluding hydrogens is 338 g/mol. The molecule has 3 aromatic rings. The van der Waals surface area contributed by atoms with Gasteiger partial charge in [-0.3, -0.25) is 14.9 Å². The molecule has 6 heteroatoms. The van der Waals surface area contributed by atoms with Gasteiger partial charge in [0.15, 0.2) is 0 Å². The van der Waals surface area contributed by atoms with Crippen LogP contribution in [-0.2, 0) is 0 Å². The number of carbonyl (C=O) groups excluding carboxylic acids is 1. The third kappa shape index (κ3) is 2.88. The first-order valence-corrected chi connectivity index (χ1v) is 8.31. The first-order valence-electron chi connectivity index (χ1n) is 7.50. The number of carbonyl (C=O) groups is 1. The molecule has 2 aromatic carbocycles. The second-order valence-electron chi connectivity index (χ2n) is 5.44. The molecule has 2 heterocycles. The summed E-state index contributed by atoms with van der Waals surface area (Å²) in [6, 6.07) is 17.2. The van der Waals surface area contributed by atoms with Crippen LogP contribution in [0.5, 0.6) is 0 Å². The highest BCUT2D eigenvalue weighted by Crippen LogP contribution is 2.40. The van der Waals surface area contributed by atoms with Crippen LogP contribution in [-0.4, -0.2) is 10.7 Å². The molecule has 1 aromatic heterocycles. The highest BCUT2D eigenvalue weighted by Gasteiger charge is 2.25. The summed E-state index contributed by atoms with van der Waals surface area (Å²) in [5, 5.41) is 10.7. The van der Waals surface area contributed by atoms with E-state index < -0.39 is 4.92 Å². The van der Waals surface area contributed by atoms with E-state index in [2.05, 4.69) is 0 Å². The number of allylic oxidation sites excluding steroid dienone is 1. The number of furan rings is 1. The van der Waals surface area contributed by atoms with Gasteiger partial charge in [-0.25, -0.2) is 0 Å². The van der Waals surface area contributed by atoms with Gasteiger partial charge < -0.3 is 4.42 Å². The van der Waals surface area contributed by atoms with Gasteiger partial charge in [0.2, 0.25) is 5.78 Å². The highest BCUT2D eigenvalue weighted by molar-refractivity contribution is 8.04. The monoisotopic (exact) mass is 349 g/mol. The van der Waals surface area contributed by atoms with Gasteiger partial charge in [0, 0.05) is 28.2 Å². The predicted molar refractivity (Wildman–Crippen MR) is 95.4 cm³/mol. The number of hydrogen-bond acceptors (Lipinski definition) is 5. The average Bonchev–Trinajstić information content (AvgIpc) is 3.21. The number of rotatable bonds is 3. The van der Waals surface area contributed by atoms with E-state index in [0.29, 0.717) is 22.0 Å². The Morgan fingerprint density at radius 3 is 2.48 bits per heavy atom. The number of hydrogen-bond donors (Lipinski definition) is 0. The number of fused-ring (bicyclic) bond motifs is 1. The van der Waals surface area contributed by atoms with E-state index in [1.54, 1.807) is 30.3 Å². The zero-order valence-corrected chi connectivity index (χ0v) is 13.7. The molecule has 0 aliphatic carbocycles. The number of Topliss-reactive ketones (excluding diaryl/α,β-unsaturated/α-hetero) is 1. The van der Waals surface area contributed by atoms with Crippen molar-refractivity contribution in [1.29, 1.82) is 0 Å². The summed E-state index contributed by atoms with van der Waals surface area (Å²) in [7, 11) is 0. The summed E-state index contributed by atoms with van der Waals surface area (Å²) in [5.41, 5.74) is 1.48. The standard InChI is InChI=1S/C19H11NO4S/c21-19-15-3-1-2-4-17(15)25-18(19)11-14-9-10-16(24-14)12-5-7-13(8-6-12)20(22)23/h1-11H/b18-11+. The molecule has 122 valence electrons. The van der Waals surface area contributed by atoms with E-state index >= 15 is 0 Å². The lowest BCUT2D eigenvalue weighted by molar-refractivity contribution is -0.384. The van der Waals surface area contributed by atoms with Crippen molar-refractivity contribution in [1.82, 2.24) is 0 Å². The zero-order chi connectivity index (χ0) is 17.4. The van der Waals surface area contributed by atoms with Gasteiger partial charge in [0.1, 0.15) is 11.5 Å². The number of non-ortho nitro benzene ring substituents is 1. The van der Waals surface area contributed by atoms with Gasteiger partial charge in [0.05, 0.1) is 9.83 Å². The molecule has 0 fully saturated rings. The molecule has 25 heavy (non-hydrogen) atoms. The Labute approximate surface area is 147 Å². The average molecular weight is 349 g/mol. The van der Waals surface area contributed by atoms with E-state index in [4.69, 9.17) is 4.42 Å². The van der Waals surface area contributed by atoms with Gasteiger partial charge in [-0.2, -0.15) is 0 Å². The first-order chi connectivity index (χ1) is 12.1. The fourth-order valence-electron chi connectivity index (χ4n) is 2.60. The minimum Gasteiger partial charge on any atom is -0.457 e. The summed E-state index contributed by atoms with van der Waals surface area (Å²) in [6.45, 7) is 0. The molecule has 0 unspecified atom stereocenters. The SMILES string of the molecule is O=C1/C(=C\c2ccc(-c3ccc([N+](=O)[O-])cc3)o2)Sc2ccccc21. The van der Waals surface area contributed by atoms with Crippen molar-refractivity contribution in [3.63, 3.8) is 0 Å². The van der Waals surface area contributed by atoms with Crippen LogP contribution >= 0.6 is 11.8 Å². The lowest BCUT2D eigenvalue weighted by atomic mass is 10.1. The van der Waals surface area contributed by atoms with Gasteiger partial charge in [-0.15, -0.1) is 0 Å². The van der Waals surface area contributed by atoms with Crippen molar-refractivity contribution in [2.75, 3.05) is 0 Å². The van der Waals surface area contributed by atoms with Crippen LogP contribution in [0.25, 0.3) is 17.4 Å². The molecule has 0 amide bonds. The Kier molecular flexibility index (Phi) is 3.74. The summed E-state index contributed by atoms with van der Waals surface area (Å²) >= 11 is 1.43. The van der Waals surface area contributed by atoms with Crippen molar-refractivity contribution in [2.45, 2.75) is 4.90 Å². The third-order valence-corrected chi connectivity index (χ3v) is 4.94. The van der Waals surface area contributed by atoms with Crippen molar-refractivity contribution in [3.05, 3.63) is 87.0 Å². The topological polar surface area (TPSA) is 73.3 Å². The maximum absolute atomic E-state index is 12.4. The van der Waals surface area contributed by atoms with E-state index in [1.165, 1.54) is 23.9 Å². The van der Waals surface area contributed by atoms with E-state index in [1.807, 2.05) is 24.3 Å². The van der Waals surface area contributed by atoms with Crippen LogP contribution in [0.1, 0.15) is 16.1 Å². The van der Waals surface area contributed by atoms with Crippen molar-refractivity contribution in [3.8, 4) is 11.3 Å². The minimum atomic E-state index is -0.442. The van der Waals surface area contributed by atoms with Crippen LogP contribution in [0.4, 0.5) is 5.69 Å². The van der Waals surface area contributed by atoms with Crippen molar-refractivity contribution in [2.24, 2.45) is 0 Å². The van der Waals surface area contributed by atoms with Gasteiger partial charge in [0.25, 0.3) is 5.69 Å². The Morgan fingerprint density at radius 2 is 1.76 bits per heavy atom. The van der Waals surface area contributed by atoms with Gasteiger partial charge >= 0.3 is 0 Å². The van der Waals surface area contributed by atoms with Crippen molar-refractivity contribution < 1.29 is 14.1 Å². The fourth-order valence-corrected chi connectivity index (χ4v) is 3.63. The molecule has 0 saturated carbocycles. The van der Waals surface area contributed by atoms with E-state index in [-0.39, 0.29) is 11.5 Å². The van der Waals surface area contributed by atoms with E-state index in [0.717, 1.165) is 10.5 Å². The number of benzene rings is 2. The fraction of sp³-hybridized carbons (Fsp3) is 0. The predicted octanol–water partition coefficient (Wildman–Crippen LogP) is 5.18. The second-order valence-corrected chi connectivity index (χ2v) is 6.53. The maximum Gasteiger partial charge on any atom is 0.269 e. The zero-order valence-electron chi connectivity index (χ0n) is 12.8. The molecule has 0 N–H and O–H groups in total. The van der Waals surface area contributed by atoms with Gasteiger partial charge in [-0.05, 0) is 42.5 Å². The lowest BCUT2D eigenvalue weighted by Crippen LogP contribution is -1.93. The number of ketones is 1. The Hall–Kier alpha value is -3.12. The number of thioether (sulfide) groups is 1. The van der Waals surface area contributed by atoms with E-state index in [9.17, 15) is 14.9 Å². The largest absolute Gasteiger partial charge is 0.457 e.